The van der Waals surface area contributed by atoms with Crippen molar-refractivity contribution >= 4 is 17.4 Å². The quantitative estimate of drug-likeness (QED) is 0.904. The molecule has 1 heterocycles. The summed E-state index contributed by atoms with van der Waals surface area (Å²) >= 11 is 6.02. The maximum Gasteiger partial charge on any atom is 0.221 e. The van der Waals surface area contributed by atoms with Crippen LogP contribution in [-0.4, -0.2) is 16.6 Å². The molecule has 20 heavy (non-hydrogen) atoms. The Morgan fingerprint density at radius 3 is 2.85 bits per heavy atom. The highest BCUT2D eigenvalue weighted by Crippen LogP contribution is 2.25. The lowest BCUT2D eigenvalue weighted by atomic mass is 10.1. The van der Waals surface area contributed by atoms with Gasteiger partial charge in [0.25, 0.3) is 0 Å². The summed E-state index contributed by atoms with van der Waals surface area (Å²) in [5.41, 5.74) is 2.01. The topological polar surface area (TPSA) is 47.0 Å². The fraction of sp³-hybridized carbons (Fsp3) is 0.333. The summed E-state index contributed by atoms with van der Waals surface area (Å²) in [6.07, 6.45) is 1.50. The van der Waals surface area contributed by atoms with E-state index in [0.29, 0.717) is 12.5 Å². The van der Waals surface area contributed by atoms with E-state index in [9.17, 15) is 0 Å². The number of benzene rings is 1. The van der Waals surface area contributed by atoms with Crippen molar-refractivity contribution in [3.05, 3.63) is 46.7 Å². The van der Waals surface area contributed by atoms with E-state index >= 15 is 0 Å². The third-order valence-corrected chi connectivity index (χ3v) is 3.26. The average Bonchev–Trinajstić information content (AvgIpc) is 2.43. The normalized spacial score (nSPS) is 12.0. The van der Waals surface area contributed by atoms with Crippen molar-refractivity contribution < 1.29 is 4.74 Å². The first-order valence-electron chi connectivity index (χ1n) is 6.58. The van der Waals surface area contributed by atoms with E-state index in [1.54, 1.807) is 0 Å². The van der Waals surface area contributed by atoms with Crippen LogP contribution in [0.15, 0.2) is 30.6 Å². The van der Waals surface area contributed by atoms with Crippen molar-refractivity contribution in [2.75, 3.05) is 11.9 Å². The van der Waals surface area contributed by atoms with Crippen LogP contribution in [0.4, 0.5) is 5.82 Å². The first-order valence-corrected chi connectivity index (χ1v) is 6.96. The lowest BCUT2D eigenvalue weighted by molar-refractivity contribution is 0.324. The van der Waals surface area contributed by atoms with Crippen molar-refractivity contribution in [3.8, 4) is 5.88 Å². The Bertz CT molecular complexity index is 589. The molecule has 0 bridgehead atoms. The number of rotatable bonds is 5. The SMILES string of the molecule is CCOc1ncnc(NC(C)c2cccc(Cl)c2)c1C. The molecule has 0 saturated carbocycles. The Kier molecular flexibility index (Phi) is 4.79. The van der Waals surface area contributed by atoms with Gasteiger partial charge in [0.1, 0.15) is 12.1 Å². The molecular weight excluding hydrogens is 274 g/mol. The molecule has 2 aromatic rings. The van der Waals surface area contributed by atoms with Crippen molar-refractivity contribution in [2.45, 2.75) is 26.8 Å². The van der Waals surface area contributed by atoms with Gasteiger partial charge >= 0.3 is 0 Å². The molecule has 0 fully saturated rings. The molecule has 0 aliphatic rings. The Morgan fingerprint density at radius 2 is 2.15 bits per heavy atom. The number of aromatic nitrogens is 2. The largest absolute Gasteiger partial charge is 0.478 e. The van der Waals surface area contributed by atoms with Crippen molar-refractivity contribution in [1.29, 1.82) is 0 Å². The van der Waals surface area contributed by atoms with Gasteiger partial charge in [-0.1, -0.05) is 23.7 Å². The smallest absolute Gasteiger partial charge is 0.221 e. The van der Waals surface area contributed by atoms with Crippen LogP contribution in [-0.2, 0) is 0 Å². The second-order valence-electron chi connectivity index (χ2n) is 4.51. The maximum absolute atomic E-state index is 6.02. The van der Waals surface area contributed by atoms with Crippen LogP contribution in [0.3, 0.4) is 0 Å². The van der Waals surface area contributed by atoms with Gasteiger partial charge in [0.2, 0.25) is 5.88 Å². The van der Waals surface area contributed by atoms with Crippen LogP contribution in [0.2, 0.25) is 5.02 Å². The zero-order chi connectivity index (χ0) is 14.5. The molecule has 4 nitrogen and oxygen atoms in total. The average molecular weight is 292 g/mol. The summed E-state index contributed by atoms with van der Waals surface area (Å²) in [7, 11) is 0. The molecule has 106 valence electrons. The molecule has 0 saturated heterocycles. The van der Waals surface area contributed by atoms with Gasteiger partial charge in [-0.05, 0) is 38.5 Å². The van der Waals surface area contributed by atoms with Gasteiger partial charge in [-0.25, -0.2) is 9.97 Å². The van der Waals surface area contributed by atoms with Crippen LogP contribution in [0.25, 0.3) is 0 Å². The summed E-state index contributed by atoms with van der Waals surface area (Å²) in [5, 5.41) is 4.09. The molecule has 1 N–H and O–H groups in total. The van der Waals surface area contributed by atoms with E-state index in [1.165, 1.54) is 6.33 Å². The van der Waals surface area contributed by atoms with Crippen LogP contribution < -0.4 is 10.1 Å². The summed E-state index contributed by atoms with van der Waals surface area (Å²) < 4.78 is 5.47. The van der Waals surface area contributed by atoms with Gasteiger partial charge in [0, 0.05) is 5.02 Å². The van der Waals surface area contributed by atoms with E-state index in [1.807, 2.05) is 38.1 Å². The van der Waals surface area contributed by atoms with Gasteiger partial charge in [-0.15, -0.1) is 0 Å². The predicted octanol–water partition coefficient (Wildman–Crippen LogP) is 4.01. The number of nitrogens with one attached hydrogen (secondary N) is 1. The first kappa shape index (κ1) is 14.6. The molecule has 0 amide bonds. The number of hydrogen-bond acceptors (Lipinski definition) is 4. The molecule has 0 aliphatic carbocycles. The highest BCUT2D eigenvalue weighted by molar-refractivity contribution is 6.30. The number of hydrogen-bond donors (Lipinski definition) is 1. The molecule has 5 heteroatoms. The number of anilines is 1. The first-order chi connectivity index (χ1) is 9.61. The minimum absolute atomic E-state index is 0.0942. The van der Waals surface area contributed by atoms with Crippen molar-refractivity contribution in [1.82, 2.24) is 9.97 Å². The van der Waals surface area contributed by atoms with E-state index in [-0.39, 0.29) is 6.04 Å². The third-order valence-electron chi connectivity index (χ3n) is 3.02. The monoisotopic (exact) mass is 291 g/mol. The molecule has 1 aromatic carbocycles. The fourth-order valence-corrected chi connectivity index (χ4v) is 2.12. The zero-order valence-corrected chi connectivity index (χ0v) is 12.6. The Morgan fingerprint density at radius 1 is 1.35 bits per heavy atom. The van der Waals surface area contributed by atoms with E-state index in [2.05, 4.69) is 22.2 Å². The summed E-state index contributed by atoms with van der Waals surface area (Å²) in [4.78, 5) is 8.40. The van der Waals surface area contributed by atoms with Gasteiger partial charge < -0.3 is 10.1 Å². The number of halogens is 1. The second-order valence-corrected chi connectivity index (χ2v) is 4.94. The molecule has 2 rings (SSSR count). The van der Waals surface area contributed by atoms with Crippen molar-refractivity contribution in [3.63, 3.8) is 0 Å². The molecule has 1 aromatic heterocycles. The van der Waals surface area contributed by atoms with Crippen LogP contribution >= 0.6 is 11.6 Å². The lowest BCUT2D eigenvalue weighted by Crippen LogP contribution is -2.10. The molecule has 0 radical (unpaired) electrons. The fourth-order valence-electron chi connectivity index (χ4n) is 1.93. The summed E-state index contributed by atoms with van der Waals surface area (Å²) in [6, 6.07) is 7.87. The van der Waals surface area contributed by atoms with Gasteiger partial charge in [-0.2, -0.15) is 0 Å². The van der Waals surface area contributed by atoms with Gasteiger partial charge in [0.05, 0.1) is 18.2 Å². The highest BCUT2D eigenvalue weighted by Gasteiger charge is 2.11. The Labute approximate surface area is 124 Å². The predicted molar refractivity (Wildman–Crippen MR) is 81.4 cm³/mol. The Hall–Kier alpha value is -1.81. The number of ether oxygens (including phenoxy) is 1. The molecule has 1 atom stereocenters. The van der Waals surface area contributed by atoms with Crippen molar-refractivity contribution in [2.24, 2.45) is 0 Å². The zero-order valence-electron chi connectivity index (χ0n) is 11.9. The molecule has 1 unspecified atom stereocenters. The second kappa shape index (κ2) is 6.57. The minimum atomic E-state index is 0.0942. The Balaban J connectivity index is 2.19. The van der Waals surface area contributed by atoms with E-state index in [4.69, 9.17) is 16.3 Å². The maximum atomic E-state index is 6.02. The van der Waals surface area contributed by atoms with Crippen LogP contribution in [0.1, 0.15) is 31.0 Å². The summed E-state index contributed by atoms with van der Waals surface area (Å²) in [5.74, 6) is 1.39. The number of nitrogens with zero attached hydrogens (tertiary/aromatic N) is 2. The standard InChI is InChI=1S/C15H18ClN3O/c1-4-20-15-10(2)14(17-9-18-15)19-11(3)12-6-5-7-13(16)8-12/h5-9,11H,4H2,1-3H3,(H,17,18,19). The third kappa shape index (κ3) is 3.39. The molecule has 0 spiro atoms. The van der Waals surface area contributed by atoms with Crippen LogP contribution in [0.5, 0.6) is 5.88 Å². The highest BCUT2D eigenvalue weighted by atomic mass is 35.5. The molecule has 0 aliphatic heterocycles. The minimum Gasteiger partial charge on any atom is -0.478 e. The summed E-state index contributed by atoms with van der Waals surface area (Å²) in [6.45, 7) is 6.52. The van der Waals surface area contributed by atoms with Gasteiger partial charge in [-0.3, -0.25) is 0 Å². The molecular formula is C15H18ClN3O. The van der Waals surface area contributed by atoms with Crippen LogP contribution in [0, 0.1) is 6.92 Å². The van der Waals surface area contributed by atoms with E-state index < -0.39 is 0 Å². The lowest BCUT2D eigenvalue weighted by Gasteiger charge is -2.17. The van der Waals surface area contributed by atoms with Gasteiger partial charge in [0.15, 0.2) is 0 Å². The van der Waals surface area contributed by atoms with E-state index in [0.717, 1.165) is 22.0 Å².